The lowest BCUT2D eigenvalue weighted by atomic mass is 9.75. The van der Waals surface area contributed by atoms with Crippen LogP contribution in [0.15, 0.2) is 409 Å². The van der Waals surface area contributed by atoms with Gasteiger partial charge in [0.05, 0.1) is 0 Å². The lowest BCUT2D eigenvalue weighted by molar-refractivity contribution is 0.426. The molecule has 0 atom stereocenters. The fourth-order valence-corrected chi connectivity index (χ4v) is 18.1. The normalized spacial score (nSPS) is 11.1. The number of hydrogen-bond donors (Lipinski definition) is 3. The van der Waals surface area contributed by atoms with Gasteiger partial charge < -0.3 is 33.0 Å². The molecule has 0 saturated carbocycles. The number of rotatable bonds is 8. The van der Waals surface area contributed by atoms with Crippen molar-refractivity contribution in [2.24, 2.45) is 0 Å². The molecule has 559 valence electrons. The molecule has 1 radical (unpaired) electrons. The van der Waals surface area contributed by atoms with E-state index in [4.69, 9.17) is 22.9 Å². The first-order valence-electron chi connectivity index (χ1n) is 37.4. The van der Waals surface area contributed by atoms with Crippen LogP contribution < -0.4 is 10.1 Å². The van der Waals surface area contributed by atoms with Crippen molar-refractivity contribution in [2.75, 3.05) is 0 Å². The summed E-state index contributed by atoms with van der Waals surface area (Å²) in [5, 5.41) is 48.5. The smallest absolute Gasteiger partial charge is 0.535 e. The highest BCUT2D eigenvalue weighted by atomic mass is 79.9. The second-order valence-electron chi connectivity index (χ2n) is 27.6. The van der Waals surface area contributed by atoms with Crippen LogP contribution in [0, 0.1) is 0 Å². The zero-order chi connectivity index (χ0) is 77.2. The van der Waals surface area contributed by atoms with Crippen molar-refractivity contribution in [2.45, 2.75) is 14.9 Å². The zero-order valence-electron chi connectivity index (χ0n) is 61.1. The Kier molecular flexibility index (Phi) is 22.8. The second kappa shape index (κ2) is 34.2. The fourth-order valence-electron chi connectivity index (χ4n) is 16.0. The van der Waals surface area contributed by atoms with Crippen LogP contribution in [-0.2, 0) is 0 Å². The number of furan rings is 3. The van der Waals surface area contributed by atoms with Crippen molar-refractivity contribution < 1.29 is 33.0 Å². The molecule has 3 N–H and O–H groups in total. The van der Waals surface area contributed by atoms with Crippen LogP contribution in [0.1, 0.15) is 14.9 Å². The molecule has 22 aromatic rings. The zero-order valence-corrected chi connectivity index (χ0v) is 65.9. The van der Waals surface area contributed by atoms with E-state index in [9.17, 15) is 10.0 Å². The Hall–Kier alpha value is -12.6. The van der Waals surface area contributed by atoms with Crippen LogP contribution in [-0.4, -0.2) is 29.9 Å². The molecule has 0 saturated heterocycles. The first-order valence-corrected chi connectivity index (χ1v) is 39.8. The van der Waals surface area contributed by atoms with E-state index in [1.165, 1.54) is 107 Å². The van der Waals surface area contributed by atoms with Crippen molar-refractivity contribution in [3.05, 3.63) is 396 Å². The molecule has 19 aromatic carbocycles. The van der Waals surface area contributed by atoms with Gasteiger partial charge in [0, 0.05) is 68.0 Å². The molecule has 0 aliphatic rings. The van der Waals surface area contributed by atoms with Gasteiger partial charge in [-0.05, 0) is 176 Å². The van der Waals surface area contributed by atoms with Gasteiger partial charge in [0.15, 0.2) is 5.58 Å². The van der Waals surface area contributed by atoms with Crippen LogP contribution >= 0.6 is 47.8 Å². The van der Waals surface area contributed by atoms with E-state index in [-0.39, 0.29) is 14.9 Å². The van der Waals surface area contributed by atoms with Gasteiger partial charge in [-0.2, -0.15) is 0 Å². The number of hydrogen-bond acceptors (Lipinski definition) is 7. The minimum atomic E-state index is -1.43. The van der Waals surface area contributed by atoms with Gasteiger partial charge in [0.2, 0.25) is 0 Å². The van der Waals surface area contributed by atoms with Crippen molar-refractivity contribution in [3.63, 3.8) is 0 Å². The monoisotopic (exact) mass is 1690 g/mol. The van der Waals surface area contributed by atoms with Crippen molar-refractivity contribution in [3.8, 4) is 61.4 Å². The fraction of sp³-hybridized carbons (Fsp3) is 0.0192. The summed E-state index contributed by atoms with van der Waals surface area (Å²) in [7, 11) is -0.775. The molecule has 0 aliphatic heterocycles. The summed E-state index contributed by atoms with van der Waals surface area (Å²) in [4.78, 5) is 0. The van der Waals surface area contributed by atoms with E-state index in [0.29, 0.717) is 24.5 Å². The third-order valence-corrected chi connectivity index (χ3v) is 23.7. The SMILES string of the molecule is Brc1c2ccccc2c(-c2cccc3c2oc2ccccc23)c2ccccc12.Brc1c2ccccc2c(Br)c2ccccc12.C.C.OB(O)c1ccccc1-c1ccccc1.O[B]Oc1cccc2c1oc1ccccc12.c1ccc(-c2ccccc2-c2c3ccccc3c(-c3cccc4c3oc3ccccc34)c3ccccc23)cc1. The number of fused-ring (bicyclic) bond motifs is 15. The Morgan fingerprint density at radius 1 is 0.233 bits per heavy atom. The highest BCUT2D eigenvalue weighted by molar-refractivity contribution is 9.11. The Balaban J connectivity index is 0.000000115. The van der Waals surface area contributed by atoms with E-state index in [0.717, 1.165) is 87.0 Å². The van der Waals surface area contributed by atoms with Gasteiger partial charge >= 0.3 is 14.8 Å². The maximum Gasteiger partial charge on any atom is 0.569 e. The molecule has 0 unspecified atom stereocenters. The minimum absolute atomic E-state index is 0. The third kappa shape index (κ3) is 14.5. The van der Waals surface area contributed by atoms with Crippen LogP contribution in [0.4, 0.5) is 0 Å². The molecule has 0 fully saturated rings. The first-order chi connectivity index (χ1) is 56.2. The van der Waals surface area contributed by atoms with E-state index >= 15 is 0 Å². The molecule has 12 heteroatoms. The molecule has 0 bridgehead atoms. The molecule has 0 spiro atoms. The Morgan fingerprint density at radius 2 is 0.483 bits per heavy atom. The summed E-state index contributed by atoms with van der Waals surface area (Å²) in [5.74, 6) is 0.510. The number of benzene rings is 19. The lowest BCUT2D eigenvalue weighted by Gasteiger charge is -2.19. The summed E-state index contributed by atoms with van der Waals surface area (Å²) in [6.45, 7) is 0. The second-order valence-corrected chi connectivity index (χ2v) is 30.0. The molecule has 7 nitrogen and oxygen atoms in total. The Morgan fingerprint density at radius 3 is 0.862 bits per heavy atom. The molecule has 0 amide bonds. The Labute approximate surface area is 697 Å². The van der Waals surface area contributed by atoms with Crippen molar-refractivity contribution in [1.82, 2.24) is 0 Å². The number of halogens is 3. The molecular formula is C104H74B2Br3O7. The van der Waals surface area contributed by atoms with E-state index in [2.05, 4.69) is 315 Å². The van der Waals surface area contributed by atoms with E-state index in [1.54, 1.807) is 18.2 Å². The molecule has 3 heterocycles. The molecule has 116 heavy (non-hydrogen) atoms. The highest BCUT2D eigenvalue weighted by Gasteiger charge is 2.24. The van der Waals surface area contributed by atoms with Gasteiger partial charge in [-0.15, -0.1) is 0 Å². The summed E-state index contributed by atoms with van der Waals surface area (Å²) in [5.41, 5.74) is 17.2. The van der Waals surface area contributed by atoms with Crippen LogP contribution in [0.5, 0.6) is 5.75 Å². The number of para-hydroxylation sites is 6. The maximum atomic E-state index is 9.22. The molecule has 0 aliphatic carbocycles. The topological polar surface area (TPSA) is 109 Å². The summed E-state index contributed by atoms with van der Waals surface area (Å²) in [6.07, 6.45) is 0. The van der Waals surface area contributed by atoms with Crippen molar-refractivity contribution in [1.29, 1.82) is 0 Å². The predicted octanol–water partition coefficient (Wildman–Crippen LogP) is 29.5. The molecule has 22 rings (SSSR count). The largest absolute Gasteiger partial charge is 0.569 e. The van der Waals surface area contributed by atoms with Crippen LogP contribution in [0.25, 0.3) is 186 Å². The van der Waals surface area contributed by atoms with Crippen molar-refractivity contribution >= 4 is 199 Å². The average molecular weight is 1700 g/mol. The Bertz CT molecular complexity index is 7130. The van der Waals surface area contributed by atoms with E-state index in [1.807, 2.05) is 97.1 Å². The lowest BCUT2D eigenvalue weighted by Crippen LogP contribution is -2.31. The van der Waals surface area contributed by atoms with Gasteiger partial charge in [-0.3, -0.25) is 0 Å². The standard InChI is InChI=1S/C38H24O.C26H15BrO.C14H8Br2.C12H8BO3.C12H11BO2.2CH4/c1-2-13-25(14-3-1)26-15-4-5-17-28(26)36-29-18-6-8-20-31(29)37(32-21-9-7-19-30(32)36)34-23-12-22-33-27-16-10-11-24-35(27)39-38(33)34;27-25-19-11-3-1-9-17(19)24(18-10-2-4-12-20(18)25)22-14-7-13-21-16-8-5-6-15-23(16)28-26(21)22;15-13-9-5-1-2-6-10(9)14(16)12-8-4-3-7-11(12)13;14-13-16-11-7-3-5-9-8-4-1-2-6-10(8)15-12(9)11;14-13(15)12-9-5-4-8-11(12)10-6-2-1-3-7-10;;/h1-24H;1-15H;1-8H;1-7,14H;1-9,14-15H;2*1H4. The predicted molar refractivity (Wildman–Crippen MR) is 501 cm³/mol. The first kappa shape index (κ1) is 77.3. The maximum absolute atomic E-state index is 9.22. The summed E-state index contributed by atoms with van der Waals surface area (Å²) < 4.78 is 27.0. The third-order valence-electron chi connectivity index (χ3n) is 21.1. The molecule has 3 aromatic heterocycles. The van der Waals surface area contributed by atoms with Crippen LogP contribution in [0.2, 0.25) is 0 Å². The quantitative estimate of drug-likeness (QED) is 0.103. The van der Waals surface area contributed by atoms with Gasteiger partial charge in [-0.1, -0.05) is 373 Å². The van der Waals surface area contributed by atoms with Crippen LogP contribution in [0.3, 0.4) is 0 Å². The average Bonchev–Trinajstić information content (AvgIpc) is 1.22. The van der Waals surface area contributed by atoms with Gasteiger partial charge in [0.25, 0.3) is 0 Å². The van der Waals surface area contributed by atoms with Gasteiger partial charge in [-0.25, -0.2) is 0 Å². The summed E-state index contributed by atoms with van der Waals surface area (Å²) >= 11 is 11.2. The summed E-state index contributed by atoms with van der Waals surface area (Å²) in [6, 6.07) is 131. The highest BCUT2D eigenvalue weighted by Crippen LogP contribution is 2.50. The minimum Gasteiger partial charge on any atom is -0.535 e. The van der Waals surface area contributed by atoms with Gasteiger partial charge in [0.1, 0.15) is 33.7 Å². The molecular weight excluding hydrogens is 1620 g/mol. The van der Waals surface area contributed by atoms with E-state index < -0.39 is 7.12 Å².